The van der Waals surface area contributed by atoms with Gasteiger partial charge in [0.2, 0.25) is 5.95 Å². The van der Waals surface area contributed by atoms with Crippen LogP contribution in [0.1, 0.15) is 31.9 Å². The number of piperazine rings is 1. The molecule has 10 heteroatoms. The number of hydrogen-bond acceptors (Lipinski definition) is 9. The van der Waals surface area contributed by atoms with Gasteiger partial charge in [0.25, 0.3) is 0 Å². The maximum absolute atomic E-state index is 12.6. The molecule has 1 aromatic heterocycles. The number of aromatic nitrogens is 2. The Kier molecular flexibility index (Phi) is 7.57. The highest BCUT2D eigenvalue weighted by Gasteiger charge is 2.27. The first-order valence-corrected chi connectivity index (χ1v) is 14.3. The molecule has 6 bridgehead atoms. The Labute approximate surface area is 240 Å². The normalized spacial score (nSPS) is 17.1. The first-order chi connectivity index (χ1) is 19.8. The van der Waals surface area contributed by atoms with Crippen LogP contribution in [-0.2, 0) is 22.3 Å². The van der Waals surface area contributed by atoms with Gasteiger partial charge >= 0.3 is 6.09 Å². The second-order valence-electron chi connectivity index (χ2n) is 11.5. The number of amides is 1. The van der Waals surface area contributed by atoms with Crippen molar-refractivity contribution in [1.29, 1.82) is 0 Å². The van der Waals surface area contributed by atoms with Crippen LogP contribution in [0.15, 0.2) is 42.6 Å². The highest BCUT2D eigenvalue weighted by Crippen LogP contribution is 2.36. The minimum atomic E-state index is -0.516. The van der Waals surface area contributed by atoms with Crippen LogP contribution >= 0.6 is 0 Å². The molecule has 1 saturated heterocycles. The summed E-state index contributed by atoms with van der Waals surface area (Å²) in [5.74, 6) is 2.06. The summed E-state index contributed by atoms with van der Waals surface area (Å²) in [4.78, 5) is 26.1. The molecule has 0 radical (unpaired) electrons. The van der Waals surface area contributed by atoms with Gasteiger partial charge in [-0.25, -0.2) is 14.8 Å². The lowest BCUT2D eigenvalue weighted by Gasteiger charge is -2.37. The maximum Gasteiger partial charge on any atom is 0.410 e. The summed E-state index contributed by atoms with van der Waals surface area (Å²) in [7, 11) is 0. The minimum absolute atomic E-state index is 0.276. The van der Waals surface area contributed by atoms with Gasteiger partial charge in [0.15, 0.2) is 0 Å². The number of nitrogens with one attached hydrogen (secondary N) is 1. The standard InChI is InChI=1S/C31H37N5O5/c1-31(2,3)41-30(37)36-12-10-35(11-13-36)26-9-7-23-18-27(26)40-17-15-38-14-16-39-24-8-6-21-4-5-22-20-32-29(33-23)34-28(22)25(21)19-24/h6-9,18-20H,4-5,10-17H2,1-3H3,(H,32,33,34). The molecule has 2 aliphatic heterocycles. The van der Waals surface area contributed by atoms with Crippen LogP contribution in [0.2, 0.25) is 0 Å². The van der Waals surface area contributed by atoms with Crippen molar-refractivity contribution in [2.45, 2.75) is 39.2 Å². The van der Waals surface area contributed by atoms with Crippen LogP contribution in [0, 0.1) is 0 Å². The number of aryl methyl sites for hydroxylation is 2. The van der Waals surface area contributed by atoms with Gasteiger partial charge in [0.1, 0.15) is 30.3 Å². The van der Waals surface area contributed by atoms with Gasteiger partial charge in [0.05, 0.1) is 24.6 Å². The molecule has 1 aliphatic carbocycles. The van der Waals surface area contributed by atoms with Crippen molar-refractivity contribution >= 4 is 23.4 Å². The third-order valence-electron chi connectivity index (χ3n) is 7.33. The van der Waals surface area contributed by atoms with Crippen molar-refractivity contribution < 1.29 is 23.7 Å². The molecule has 3 heterocycles. The Hall–Kier alpha value is -4.05. The zero-order chi connectivity index (χ0) is 28.4. The molecular weight excluding hydrogens is 522 g/mol. The molecule has 0 saturated carbocycles. The molecule has 0 atom stereocenters. The summed E-state index contributed by atoms with van der Waals surface area (Å²) in [6, 6.07) is 12.2. The molecule has 3 aliphatic rings. The van der Waals surface area contributed by atoms with Crippen molar-refractivity contribution in [2.75, 3.05) is 62.8 Å². The topological polar surface area (TPSA) is 98.3 Å². The number of hydrogen-bond donors (Lipinski definition) is 1. The SMILES string of the molecule is CC(C)(C)OC(=O)N1CCN(c2ccc3cc2OCCOCCOc2ccc4c(c2)-c2nc(ncc2CC4)N3)CC1. The summed E-state index contributed by atoms with van der Waals surface area (Å²) >= 11 is 0. The van der Waals surface area contributed by atoms with E-state index in [9.17, 15) is 4.79 Å². The van der Waals surface area contributed by atoms with E-state index in [4.69, 9.17) is 23.9 Å². The third kappa shape index (κ3) is 6.32. The number of benzene rings is 2. The molecule has 0 spiro atoms. The molecule has 2 aromatic carbocycles. The van der Waals surface area contributed by atoms with Gasteiger partial charge in [-0.2, -0.15) is 0 Å². The Morgan fingerprint density at radius 3 is 2.51 bits per heavy atom. The van der Waals surface area contributed by atoms with E-state index in [1.54, 1.807) is 4.90 Å². The number of rotatable bonds is 1. The Morgan fingerprint density at radius 2 is 1.71 bits per heavy atom. The Balaban J connectivity index is 1.24. The average Bonchev–Trinajstić information content (AvgIpc) is 2.95. The highest BCUT2D eigenvalue weighted by atomic mass is 16.6. The lowest BCUT2D eigenvalue weighted by Crippen LogP contribution is -2.50. The molecule has 10 nitrogen and oxygen atoms in total. The minimum Gasteiger partial charge on any atom is -0.491 e. The lowest BCUT2D eigenvalue weighted by molar-refractivity contribution is 0.0240. The van der Waals surface area contributed by atoms with E-state index in [1.807, 2.05) is 51.2 Å². The third-order valence-corrected chi connectivity index (χ3v) is 7.33. The van der Waals surface area contributed by atoms with Crippen LogP contribution in [0.3, 0.4) is 0 Å². The van der Waals surface area contributed by atoms with Crippen molar-refractivity contribution in [3.8, 4) is 22.8 Å². The zero-order valence-electron chi connectivity index (χ0n) is 23.9. The molecule has 1 amide bonds. The van der Waals surface area contributed by atoms with Gasteiger partial charge in [-0.15, -0.1) is 0 Å². The van der Waals surface area contributed by atoms with E-state index in [0.29, 0.717) is 58.6 Å². The molecule has 3 aromatic rings. The van der Waals surface area contributed by atoms with E-state index in [-0.39, 0.29) is 6.09 Å². The fraction of sp³-hybridized carbons (Fsp3) is 0.452. The number of nitrogens with zero attached hydrogens (tertiary/aromatic N) is 4. The summed E-state index contributed by atoms with van der Waals surface area (Å²) in [6.45, 7) is 9.88. The van der Waals surface area contributed by atoms with Gasteiger partial charge in [-0.05, 0) is 69.0 Å². The van der Waals surface area contributed by atoms with E-state index in [0.717, 1.165) is 52.5 Å². The fourth-order valence-corrected chi connectivity index (χ4v) is 5.32. The Morgan fingerprint density at radius 1 is 0.927 bits per heavy atom. The largest absolute Gasteiger partial charge is 0.491 e. The van der Waals surface area contributed by atoms with E-state index in [1.165, 1.54) is 5.56 Å². The first-order valence-electron chi connectivity index (χ1n) is 14.3. The van der Waals surface area contributed by atoms with E-state index >= 15 is 0 Å². The molecule has 6 rings (SSSR count). The molecular formula is C31H37N5O5. The summed E-state index contributed by atoms with van der Waals surface area (Å²) in [5, 5.41) is 3.38. The van der Waals surface area contributed by atoms with Gasteiger partial charge in [-0.3, -0.25) is 0 Å². The van der Waals surface area contributed by atoms with Gasteiger partial charge in [-0.1, -0.05) is 6.07 Å². The smallest absolute Gasteiger partial charge is 0.410 e. The monoisotopic (exact) mass is 559 g/mol. The predicted molar refractivity (Wildman–Crippen MR) is 156 cm³/mol. The van der Waals surface area contributed by atoms with Crippen LogP contribution in [-0.4, -0.2) is 79.2 Å². The molecule has 1 N–H and O–H groups in total. The molecule has 0 unspecified atom stereocenters. The maximum atomic E-state index is 12.6. The van der Waals surface area contributed by atoms with Crippen molar-refractivity contribution in [3.05, 3.63) is 53.7 Å². The van der Waals surface area contributed by atoms with Gasteiger partial charge in [0, 0.05) is 49.7 Å². The van der Waals surface area contributed by atoms with Crippen LogP contribution in [0.5, 0.6) is 11.5 Å². The van der Waals surface area contributed by atoms with Crippen molar-refractivity contribution in [3.63, 3.8) is 0 Å². The average molecular weight is 560 g/mol. The lowest BCUT2D eigenvalue weighted by atomic mass is 9.90. The molecule has 216 valence electrons. The quantitative estimate of drug-likeness (QED) is 0.450. The first kappa shape index (κ1) is 27.1. The second-order valence-corrected chi connectivity index (χ2v) is 11.5. The number of ether oxygens (including phenoxy) is 4. The fourth-order valence-electron chi connectivity index (χ4n) is 5.32. The number of anilines is 3. The van der Waals surface area contributed by atoms with Crippen LogP contribution in [0.25, 0.3) is 11.3 Å². The van der Waals surface area contributed by atoms with E-state index in [2.05, 4.69) is 27.3 Å². The van der Waals surface area contributed by atoms with E-state index < -0.39 is 5.60 Å². The zero-order valence-corrected chi connectivity index (χ0v) is 23.9. The van der Waals surface area contributed by atoms with Crippen LogP contribution in [0.4, 0.5) is 22.1 Å². The summed E-state index contributed by atoms with van der Waals surface area (Å²) in [6.07, 6.45) is 3.50. The number of carbonyl (C=O) groups is 1. The van der Waals surface area contributed by atoms with Crippen molar-refractivity contribution in [2.24, 2.45) is 0 Å². The van der Waals surface area contributed by atoms with Crippen LogP contribution < -0.4 is 19.7 Å². The highest BCUT2D eigenvalue weighted by molar-refractivity contribution is 5.73. The Bertz CT molecular complexity index is 1410. The molecule has 41 heavy (non-hydrogen) atoms. The predicted octanol–water partition coefficient (Wildman–Crippen LogP) is 4.83. The summed E-state index contributed by atoms with van der Waals surface area (Å²) < 4.78 is 23.6. The number of fused-ring (bicyclic) bond motifs is 4. The second kappa shape index (κ2) is 11.4. The molecule has 1 fully saturated rings. The van der Waals surface area contributed by atoms with Crippen molar-refractivity contribution in [1.82, 2.24) is 14.9 Å². The van der Waals surface area contributed by atoms with Gasteiger partial charge < -0.3 is 34.1 Å². The summed E-state index contributed by atoms with van der Waals surface area (Å²) in [5.41, 5.74) is 5.69. The number of carbonyl (C=O) groups excluding carboxylic acids is 1.